The van der Waals surface area contributed by atoms with Gasteiger partial charge in [-0.1, -0.05) is 43.4 Å². The van der Waals surface area contributed by atoms with Crippen molar-refractivity contribution in [1.82, 2.24) is 4.90 Å². The largest absolute Gasteiger partial charge is 0.300 e. The molecule has 1 spiro atoms. The van der Waals surface area contributed by atoms with E-state index in [9.17, 15) is 4.79 Å². The number of hydrogen-bond donors (Lipinski definition) is 0. The fourth-order valence-electron chi connectivity index (χ4n) is 5.09. The molecule has 0 aromatic heterocycles. The van der Waals surface area contributed by atoms with Crippen LogP contribution in [0.2, 0.25) is 5.02 Å². The summed E-state index contributed by atoms with van der Waals surface area (Å²) in [7, 11) is 0. The summed E-state index contributed by atoms with van der Waals surface area (Å²) >= 11 is 6.10. The molecule has 2 fully saturated rings. The molecule has 2 nitrogen and oxygen atoms in total. The maximum atomic E-state index is 12.4. The Bertz CT molecular complexity index is 596. The number of fused-ring (bicyclic) bond motifs is 2. The third-order valence-electron chi connectivity index (χ3n) is 6.45. The van der Waals surface area contributed by atoms with Crippen LogP contribution in [0.3, 0.4) is 0 Å². The van der Waals surface area contributed by atoms with Gasteiger partial charge in [0.2, 0.25) is 0 Å². The minimum absolute atomic E-state index is 0.0955. The molecule has 1 aliphatic heterocycles. The molecule has 1 heterocycles. The highest BCUT2D eigenvalue weighted by atomic mass is 35.5. The monoisotopic (exact) mass is 331 g/mol. The minimum Gasteiger partial charge on any atom is -0.300 e. The Labute approximate surface area is 144 Å². The van der Waals surface area contributed by atoms with Crippen molar-refractivity contribution in [2.75, 3.05) is 13.1 Å². The van der Waals surface area contributed by atoms with Crippen LogP contribution in [0.5, 0.6) is 0 Å². The van der Waals surface area contributed by atoms with E-state index in [1.54, 1.807) is 0 Å². The van der Waals surface area contributed by atoms with Gasteiger partial charge in [0.25, 0.3) is 0 Å². The highest BCUT2D eigenvalue weighted by Crippen LogP contribution is 2.47. The van der Waals surface area contributed by atoms with E-state index in [-0.39, 0.29) is 5.41 Å². The van der Waals surface area contributed by atoms with Gasteiger partial charge in [-0.3, -0.25) is 4.79 Å². The molecule has 0 radical (unpaired) electrons. The van der Waals surface area contributed by atoms with E-state index in [4.69, 9.17) is 11.6 Å². The van der Waals surface area contributed by atoms with Gasteiger partial charge in [-0.05, 0) is 56.5 Å². The molecule has 0 bridgehead atoms. The van der Waals surface area contributed by atoms with Gasteiger partial charge >= 0.3 is 0 Å². The zero-order chi connectivity index (χ0) is 15.9. The van der Waals surface area contributed by atoms with Crippen LogP contribution < -0.4 is 0 Å². The van der Waals surface area contributed by atoms with Gasteiger partial charge in [0.1, 0.15) is 0 Å². The number of hydrogen-bond acceptors (Lipinski definition) is 2. The predicted octanol–water partition coefficient (Wildman–Crippen LogP) is 4.98. The van der Waals surface area contributed by atoms with Crippen LogP contribution in [0.4, 0.5) is 0 Å². The summed E-state index contributed by atoms with van der Waals surface area (Å²) in [6.07, 6.45) is 11.3. The number of ketones is 1. The van der Waals surface area contributed by atoms with Crippen molar-refractivity contribution < 1.29 is 4.79 Å². The van der Waals surface area contributed by atoms with Crippen LogP contribution >= 0.6 is 11.6 Å². The first-order chi connectivity index (χ1) is 11.2. The zero-order valence-electron chi connectivity index (χ0n) is 13.8. The molecule has 2 aliphatic carbocycles. The van der Waals surface area contributed by atoms with Gasteiger partial charge in [0, 0.05) is 28.5 Å². The molecule has 1 saturated carbocycles. The maximum Gasteiger partial charge on any atom is 0.164 e. The minimum atomic E-state index is 0.0955. The number of benzene rings is 1. The lowest BCUT2D eigenvalue weighted by Crippen LogP contribution is -2.46. The van der Waals surface area contributed by atoms with E-state index in [2.05, 4.69) is 11.0 Å². The number of piperidine rings is 1. The molecular formula is C20H26ClNO. The molecule has 1 saturated heterocycles. The maximum absolute atomic E-state index is 12.4. The number of halogens is 1. The normalized spacial score (nSPS) is 25.5. The summed E-state index contributed by atoms with van der Waals surface area (Å²) in [4.78, 5) is 15.2. The Balaban J connectivity index is 1.50. The fourth-order valence-corrected chi connectivity index (χ4v) is 5.27. The number of carbonyl (C=O) groups is 1. The van der Waals surface area contributed by atoms with E-state index in [0.717, 1.165) is 37.5 Å². The number of nitrogens with zero attached hydrogens (tertiary/aromatic N) is 1. The summed E-state index contributed by atoms with van der Waals surface area (Å²) in [5.74, 6) is 0.297. The second-order valence-corrected chi connectivity index (χ2v) is 8.19. The summed E-state index contributed by atoms with van der Waals surface area (Å²) in [6, 6.07) is 6.74. The molecular weight excluding hydrogens is 306 g/mol. The average molecular weight is 332 g/mol. The third-order valence-corrected chi connectivity index (χ3v) is 6.68. The quantitative estimate of drug-likeness (QED) is 0.676. The summed E-state index contributed by atoms with van der Waals surface area (Å²) in [5.41, 5.74) is 2.26. The molecule has 23 heavy (non-hydrogen) atoms. The van der Waals surface area contributed by atoms with Crippen LogP contribution in [-0.4, -0.2) is 29.8 Å². The van der Waals surface area contributed by atoms with Gasteiger partial charge in [0.15, 0.2) is 5.78 Å². The smallest absolute Gasteiger partial charge is 0.164 e. The van der Waals surface area contributed by atoms with E-state index < -0.39 is 0 Å². The Morgan fingerprint density at radius 3 is 2.43 bits per heavy atom. The fraction of sp³-hybridized carbons (Fsp3) is 0.650. The SMILES string of the molecule is O=C1CC2(CCN(C3CCCCCC3)CC2)c2ccc(Cl)cc21. The predicted molar refractivity (Wildman–Crippen MR) is 94.4 cm³/mol. The van der Waals surface area contributed by atoms with Gasteiger partial charge in [-0.25, -0.2) is 0 Å². The van der Waals surface area contributed by atoms with Crippen LogP contribution in [0, 0.1) is 0 Å². The molecule has 0 unspecified atom stereocenters. The van der Waals surface area contributed by atoms with Crippen molar-refractivity contribution in [2.45, 2.75) is 69.2 Å². The van der Waals surface area contributed by atoms with Crippen molar-refractivity contribution in [3.63, 3.8) is 0 Å². The van der Waals surface area contributed by atoms with Crippen LogP contribution in [0.15, 0.2) is 18.2 Å². The average Bonchev–Trinajstić information content (AvgIpc) is 2.75. The van der Waals surface area contributed by atoms with Crippen LogP contribution in [0.25, 0.3) is 0 Å². The Kier molecular flexibility index (Phi) is 4.23. The first-order valence-corrected chi connectivity index (χ1v) is 9.63. The van der Waals surface area contributed by atoms with E-state index in [1.807, 2.05) is 12.1 Å². The highest BCUT2D eigenvalue weighted by molar-refractivity contribution is 6.31. The molecule has 3 aliphatic rings. The molecule has 4 rings (SSSR count). The van der Waals surface area contributed by atoms with Crippen molar-refractivity contribution in [3.8, 4) is 0 Å². The molecule has 1 aromatic rings. The first kappa shape index (κ1) is 15.7. The number of rotatable bonds is 1. The summed E-state index contributed by atoms with van der Waals surface area (Å²) < 4.78 is 0. The molecule has 1 aromatic carbocycles. The lowest BCUT2D eigenvalue weighted by molar-refractivity contribution is 0.0866. The van der Waals surface area contributed by atoms with E-state index >= 15 is 0 Å². The van der Waals surface area contributed by atoms with Crippen molar-refractivity contribution >= 4 is 17.4 Å². The second kappa shape index (κ2) is 6.22. The Morgan fingerprint density at radius 2 is 1.74 bits per heavy atom. The highest BCUT2D eigenvalue weighted by Gasteiger charge is 2.45. The summed E-state index contributed by atoms with van der Waals surface area (Å²) in [5, 5.41) is 0.685. The van der Waals surface area contributed by atoms with Crippen LogP contribution in [-0.2, 0) is 5.41 Å². The number of likely N-dealkylation sites (tertiary alicyclic amines) is 1. The lowest BCUT2D eigenvalue weighted by atomic mass is 9.73. The number of Topliss-reactive ketones (excluding diaryl/α,β-unsaturated/α-hetero) is 1. The molecule has 3 heteroatoms. The van der Waals surface area contributed by atoms with Crippen molar-refractivity contribution in [3.05, 3.63) is 34.3 Å². The Morgan fingerprint density at radius 1 is 1.04 bits per heavy atom. The molecule has 0 amide bonds. The van der Waals surface area contributed by atoms with E-state index in [1.165, 1.54) is 44.1 Å². The number of carbonyl (C=O) groups excluding carboxylic acids is 1. The van der Waals surface area contributed by atoms with Crippen LogP contribution in [0.1, 0.15) is 73.7 Å². The molecule has 124 valence electrons. The van der Waals surface area contributed by atoms with Gasteiger partial charge in [-0.15, -0.1) is 0 Å². The molecule has 0 N–H and O–H groups in total. The summed E-state index contributed by atoms with van der Waals surface area (Å²) in [6.45, 7) is 2.31. The first-order valence-electron chi connectivity index (χ1n) is 9.25. The van der Waals surface area contributed by atoms with E-state index in [0.29, 0.717) is 17.2 Å². The van der Waals surface area contributed by atoms with Gasteiger partial charge < -0.3 is 4.90 Å². The molecule has 0 atom stereocenters. The second-order valence-electron chi connectivity index (χ2n) is 7.75. The Hall–Kier alpha value is -0.860. The van der Waals surface area contributed by atoms with Gasteiger partial charge in [-0.2, -0.15) is 0 Å². The van der Waals surface area contributed by atoms with Crippen molar-refractivity contribution in [1.29, 1.82) is 0 Å². The zero-order valence-corrected chi connectivity index (χ0v) is 14.6. The van der Waals surface area contributed by atoms with Crippen molar-refractivity contribution in [2.24, 2.45) is 0 Å². The third kappa shape index (κ3) is 2.85. The standard InChI is InChI=1S/C20H26ClNO/c21-15-7-8-18-17(13-15)19(23)14-20(18)9-11-22(12-10-20)16-5-3-1-2-4-6-16/h7-8,13,16H,1-6,9-12,14H2. The van der Waals surface area contributed by atoms with Gasteiger partial charge in [0.05, 0.1) is 0 Å². The topological polar surface area (TPSA) is 20.3 Å². The lowest BCUT2D eigenvalue weighted by Gasteiger charge is -2.43.